The average Bonchev–Trinajstić information content (AvgIpc) is 3.02. The first kappa shape index (κ1) is 20.4. The van der Waals surface area contributed by atoms with Crippen LogP contribution < -0.4 is 0 Å². The highest BCUT2D eigenvalue weighted by Gasteiger charge is 2.23. The quantitative estimate of drug-likeness (QED) is 0.777. The topological polar surface area (TPSA) is 77.2 Å². The van der Waals surface area contributed by atoms with E-state index in [2.05, 4.69) is 16.8 Å². The molecule has 0 spiro atoms. The van der Waals surface area contributed by atoms with Gasteiger partial charge in [0.25, 0.3) is 0 Å². The molecule has 0 aliphatic rings. The Bertz CT molecular complexity index is 874. The van der Waals surface area contributed by atoms with Crippen LogP contribution in [-0.2, 0) is 21.4 Å². The van der Waals surface area contributed by atoms with Crippen molar-refractivity contribution in [3.8, 4) is 11.4 Å². The number of carbonyl (C=O) groups is 1. The maximum absolute atomic E-state index is 11.5. The summed E-state index contributed by atoms with van der Waals surface area (Å²) >= 11 is 0. The number of aryl methyl sites for hydroxylation is 1. The summed E-state index contributed by atoms with van der Waals surface area (Å²) in [6, 6.07) is 3.73. The predicted octanol–water partition coefficient (Wildman–Crippen LogP) is 4.05. The first-order valence-electron chi connectivity index (χ1n) is 8.87. The summed E-state index contributed by atoms with van der Waals surface area (Å²) in [5, 5.41) is 19.8. The van der Waals surface area contributed by atoms with Crippen molar-refractivity contribution in [3.05, 3.63) is 47.3 Å². The van der Waals surface area contributed by atoms with E-state index < -0.39 is 0 Å². The maximum atomic E-state index is 11.5. The smallest absolute Gasteiger partial charge is 0.305 e. The minimum atomic E-state index is -0.291. The van der Waals surface area contributed by atoms with Crippen LogP contribution in [0.1, 0.15) is 56.6 Å². The molecule has 1 N–H and O–H groups in total. The highest BCUT2D eigenvalue weighted by atomic mass is 16.5. The van der Waals surface area contributed by atoms with E-state index >= 15 is 0 Å². The number of carbonyl (C=O) groups excluding carboxylic acids is 1. The van der Waals surface area contributed by atoms with E-state index in [1.807, 2.05) is 45.9 Å². The second-order valence-corrected chi connectivity index (χ2v) is 7.30. The van der Waals surface area contributed by atoms with Crippen LogP contribution in [0.4, 0.5) is 0 Å². The largest absolute Gasteiger partial charge is 0.505 e. The molecule has 0 aliphatic carbocycles. The molecule has 144 valence electrons. The minimum absolute atomic E-state index is 0.127. The molecule has 1 aromatic heterocycles. The maximum Gasteiger partial charge on any atom is 0.305 e. The van der Waals surface area contributed by atoms with Crippen LogP contribution in [-0.4, -0.2) is 33.2 Å². The number of phenolic OH excluding ortho intramolecular Hbond substituents is 1. The fourth-order valence-electron chi connectivity index (χ4n) is 2.75. The molecule has 2 rings (SSSR count). The molecule has 0 amide bonds. The molecule has 2 aromatic rings. The van der Waals surface area contributed by atoms with Gasteiger partial charge in [0.15, 0.2) is 0 Å². The van der Waals surface area contributed by atoms with Crippen LogP contribution in [0.3, 0.4) is 0 Å². The van der Waals surface area contributed by atoms with Crippen LogP contribution in [0.25, 0.3) is 17.8 Å². The number of aromatic nitrogens is 3. The Balaban J connectivity index is 2.60. The summed E-state index contributed by atoms with van der Waals surface area (Å²) in [7, 11) is 1.37. The molecule has 0 unspecified atom stereocenters. The van der Waals surface area contributed by atoms with E-state index in [4.69, 9.17) is 4.74 Å². The molecule has 1 heterocycles. The first-order valence-corrected chi connectivity index (χ1v) is 8.87. The van der Waals surface area contributed by atoms with Gasteiger partial charge in [-0.3, -0.25) is 4.79 Å². The summed E-state index contributed by atoms with van der Waals surface area (Å²) in [4.78, 5) is 12.9. The lowest BCUT2D eigenvalue weighted by molar-refractivity contribution is -0.140. The molecule has 6 nitrogen and oxygen atoms in total. The Kier molecular flexibility index (Phi) is 6.20. The fraction of sp³-hybridized carbons (Fsp3) is 0.381. The van der Waals surface area contributed by atoms with E-state index in [-0.39, 0.29) is 23.6 Å². The van der Waals surface area contributed by atoms with Crippen LogP contribution in [0.2, 0.25) is 0 Å². The lowest BCUT2D eigenvalue weighted by atomic mass is 9.84. The number of ether oxygens (including phenoxy) is 1. The van der Waals surface area contributed by atoms with Crippen molar-refractivity contribution in [2.24, 2.45) is 0 Å². The molecule has 0 bridgehead atoms. The van der Waals surface area contributed by atoms with Crippen molar-refractivity contribution < 1.29 is 14.6 Å². The van der Waals surface area contributed by atoms with Gasteiger partial charge in [0.1, 0.15) is 22.8 Å². The minimum Gasteiger partial charge on any atom is -0.505 e. The Labute approximate surface area is 160 Å². The van der Waals surface area contributed by atoms with Gasteiger partial charge >= 0.3 is 5.97 Å². The summed E-state index contributed by atoms with van der Waals surface area (Å²) < 4.78 is 4.73. The molecule has 0 saturated heterocycles. The van der Waals surface area contributed by atoms with Crippen molar-refractivity contribution in [2.75, 3.05) is 7.11 Å². The SMILES string of the molecule is C=Cc1nn(-c2cc(CCC(=O)OC)cc(C(C)(C)C)c2O)nc1/C=C\C. The second-order valence-electron chi connectivity index (χ2n) is 7.30. The van der Waals surface area contributed by atoms with Gasteiger partial charge in [0, 0.05) is 12.0 Å². The molecule has 0 aliphatic heterocycles. The number of rotatable bonds is 6. The Hall–Kier alpha value is -2.89. The zero-order chi connectivity index (χ0) is 20.2. The number of hydrogen-bond donors (Lipinski definition) is 1. The molecule has 0 fully saturated rings. The van der Waals surface area contributed by atoms with Crippen molar-refractivity contribution in [1.82, 2.24) is 15.0 Å². The normalized spacial score (nSPS) is 11.7. The molecule has 6 heteroatoms. The average molecular weight is 369 g/mol. The fourth-order valence-corrected chi connectivity index (χ4v) is 2.75. The highest BCUT2D eigenvalue weighted by molar-refractivity contribution is 5.69. The molecule has 27 heavy (non-hydrogen) atoms. The van der Waals surface area contributed by atoms with Gasteiger partial charge in [-0.15, -0.1) is 15.0 Å². The van der Waals surface area contributed by atoms with Crippen LogP contribution in [0, 0.1) is 0 Å². The van der Waals surface area contributed by atoms with Gasteiger partial charge in [0.05, 0.1) is 7.11 Å². The van der Waals surface area contributed by atoms with E-state index in [0.29, 0.717) is 23.5 Å². The van der Waals surface area contributed by atoms with Gasteiger partial charge in [-0.25, -0.2) is 0 Å². The number of hydrogen-bond acceptors (Lipinski definition) is 5. The zero-order valence-corrected chi connectivity index (χ0v) is 16.6. The summed E-state index contributed by atoms with van der Waals surface area (Å²) in [6.45, 7) is 11.7. The van der Waals surface area contributed by atoms with E-state index in [0.717, 1.165) is 11.1 Å². The molecule has 0 saturated carbocycles. The predicted molar refractivity (Wildman–Crippen MR) is 107 cm³/mol. The Morgan fingerprint density at radius 1 is 1.30 bits per heavy atom. The van der Waals surface area contributed by atoms with Crippen molar-refractivity contribution in [1.29, 1.82) is 0 Å². The van der Waals surface area contributed by atoms with Crippen LogP contribution >= 0.6 is 0 Å². The third-order valence-corrected chi connectivity index (χ3v) is 4.20. The van der Waals surface area contributed by atoms with Crippen molar-refractivity contribution in [2.45, 2.75) is 46.0 Å². The van der Waals surface area contributed by atoms with Crippen molar-refractivity contribution in [3.63, 3.8) is 0 Å². The number of nitrogens with zero attached hydrogens (tertiary/aromatic N) is 3. The third-order valence-electron chi connectivity index (χ3n) is 4.20. The lowest BCUT2D eigenvalue weighted by Crippen LogP contribution is -2.14. The summed E-state index contributed by atoms with van der Waals surface area (Å²) in [5.74, 6) is -0.148. The van der Waals surface area contributed by atoms with Gasteiger partial charge in [-0.1, -0.05) is 39.5 Å². The molecular weight excluding hydrogens is 342 g/mol. The van der Waals surface area contributed by atoms with E-state index in [1.165, 1.54) is 11.9 Å². The van der Waals surface area contributed by atoms with Crippen molar-refractivity contribution >= 4 is 18.1 Å². The zero-order valence-electron chi connectivity index (χ0n) is 16.6. The number of phenols is 1. The summed E-state index contributed by atoms with van der Waals surface area (Å²) in [5.41, 5.74) is 3.16. The Morgan fingerprint density at radius 2 is 1.96 bits per heavy atom. The van der Waals surface area contributed by atoms with Gasteiger partial charge < -0.3 is 9.84 Å². The third kappa shape index (κ3) is 4.64. The summed E-state index contributed by atoms with van der Waals surface area (Å²) in [6.07, 6.45) is 6.10. The number of allylic oxidation sites excluding steroid dienone is 1. The van der Waals surface area contributed by atoms with Gasteiger partial charge in [-0.2, -0.15) is 0 Å². The lowest BCUT2D eigenvalue weighted by Gasteiger charge is -2.23. The highest BCUT2D eigenvalue weighted by Crippen LogP contribution is 2.36. The first-order chi connectivity index (χ1) is 12.7. The molecule has 0 radical (unpaired) electrons. The van der Waals surface area contributed by atoms with Gasteiger partial charge in [0.2, 0.25) is 0 Å². The van der Waals surface area contributed by atoms with Gasteiger partial charge in [-0.05, 0) is 42.5 Å². The molecule has 1 aromatic carbocycles. The Morgan fingerprint density at radius 3 is 2.52 bits per heavy atom. The number of methoxy groups -OCH3 is 1. The van der Waals surface area contributed by atoms with E-state index in [9.17, 15) is 9.90 Å². The standard InChI is InChI=1S/C21H27N3O3/c1-7-9-17-16(8-2)22-24(23-17)18-13-14(10-11-19(25)27-6)12-15(20(18)26)21(3,4)5/h7-9,12-13,26H,2,10-11H2,1,3-6H3/b9-7-. The van der Waals surface area contributed by atoms with Crippen LogP contribution in [0.15, 0.2) is 24.8 Å². The number of benzene rings is 1. The van der Waals surface area contributed by atoms with E-state index in [1.54, 1.807) is 12.1 Å². The van der Waals surface area contributed by atoms with Crippen LogP contribution in [0.5, 0.6) is 5.75 Å². The monoisotopic (exact) mass is 369 g/mol. The molecule has 0 atom stereocenters. The second kappa shape index (κ2) is 8.20. The number of aromatic hydroxyl groups is 1. The molecular formula is C21H27N3O3. The number of esters is 1.